The molecule has 0 aromatic heterocycles. The van der Waals surface area contributed by atoms with Gasteiger partial charge >= 0.3 is 11.9 Å². The lowest BCUT2D eigenvalue weighted by Gasteiger charge is -2.10. The molecule has 7 heteroatoms. The second kappa shape index (κ2) is 3.29. The first-order chi connectivity index (χ1) is 5.95. The molecule has 74 valence electrons. The van der Waals surface area contributed by atoms with E-state index in [1.165, 1.54) is 0 Å². The van der Waals surface area contributed by atoms with Crippen molar-refractivity contribution in [3.8, 4) is 0 Å². The van der Waals surface area contributed by atoms with E-state index in [4.69, 9.17) is 20.4 Å². The van der Waals surface area contributed by atoms with E-state index in [0.717, 1.165) is 0 Å². The van der Waals surface area contributed by atoms with E-state index in [1.54, 1.807) is 0 Å². The van der Waals surface area contributed by atoms with E-state index in [2.05, 4.69) is 5.32 Å². The maximum absolute atomic E-state index is 10.4. The van der Waals surface area contributed by atoms with Crippen molar-refractivity contribution in [3.05, 3.63) is 0 Å². The quantitative estimate of drug-likeness (QED) is 0.319. The molecule has 0 saturated carbocycles. The van der Waals surface area contributed by atoms with Crippen molar-refractivity contribution in [2.24, 2.45) is 0 Å². The molecule has 0 aromatic rings. The van der Waals surface area contributed by atoms with Crippen molar-refractivity contribution in [3.63, 3.8) is 0 Å². The SMILES string of the molecule is O=C(O)[C@@H]1N[C@@H](C(=O)O)[C@@H](O)[C@@H]1O. The van der Waals surface area contributed by atoms with Gasteiger partial charge in [0.05, 0.1) is 0 Å². The Bertz CT molecular complexity index is 217. The van der Waals surface area contributed by atoms with Gasteiger partial charge in [0.25, 0.3) is 0 Å². The summed E-state index contributed by atoms with van der Waals surface area (Å²) in [5.41, 5.74) is 0. The summed E-state index contributed by atoms with van der Waals surface area (Å²) >= 11 is 0. The Kier molecular flexibility index (Phi) is 2.50. The van der Waals surface area contributed by atoms with Crippen LogP contribution in [0.15, 0.2) is 0 Å². The van der Waals surface area contributed by atoms with Crippen LogP contribution in [0.2, 0.25) is 0 Å². The van der Waals surface area contributed by atoms with Crippen molar-refractivity contribution >= 4 is 11.9 Å². The van der Waals surface area contributed by atoms with Gasteiger partial charge in [-0.1, -0.05) is 0 Å². The summed E-state index contributed by atoms with van der Waals surface area (Å²) in [6.07, 6.45) is -3.20. The third-order valence-corrected chi connectivity index (χ3v) is 1.92. The Morgan fingerprint density at radius 2 is 1.23 bits per heavy atom. The molecule has 0 unspecified atom stereocenters. The highest BCUT2D eigenvalue weighted by Crippen LogP contribution is 2.14. The van der Waals surface area contributed by atoms with E-state index in [0.29, 0.717) is 0 Å². The zero-order valence-electron chi connectivity index (χ0n) is 6.41. The van der Waals surface area contributed by atoms with Gasteiger partial charge in [0, 0.05) is 0 Å². The molecule has 13 heavy (non-hydrogen) atoms. The topological polar surface area (TPSA) is 127 Å². The predicted molar refractivity (Wildman–Crippen MR) is 38.0 cm³/mol. The summed E-state index contributed by atoms with van der Waals surface area (Å²) in [6, 6.07) is -2.87. The lowest BCUT2D eigenvalue weighted by atomic mass is 10.1. The van der Waals surface area contributed by atoms with Crippen LogP contribution in [-0.4, -0.2) is 56.7 Å². The summed E-state index contributed by atoms with van der Waals surface area (Å²) < 4.78 is 0. The van der Waals surface area contributed by atoms with Crippen LogP contribution in [0.5, 0.6) is 0 Å². The molecule has 7 nitrogen and oxygen atoms in total. The largest absolute Gasteiger partial charge is 0.480 e. The van der Waals surface area contributed by atoms with Crippen LogP contribution in [0.1, 0.15) is 0 Å². The maximum Gasteiger partial charge on any atom is 0.323 e. The molecule has 1 heterocycles. The van der Waals surface area contributed by atoms with E-state index < -0.39 is 36.2 Å². The standard InChI is InChI=1S/C6H9NO6/c8-3-1(5(10)11)7-2(4(3)9)6(12)13/h1-4,7-9H,(H,10,11)(H,12,13)/t1-,2-,3-,4-/m1/s1. The fraction of sp³-hybridized carbons (Fsp3) is 0.667. The monoisotopic (exact) mass is 191 g/mol. The van der Waals surface area contributed by atoms with Crippen LogP contribution in [0.3, 0.4) is 0 Å². The van der Waals surface area contributed by atoms with Crippen LogP contribution in [0.25, 0.3) is 0 Å². The lowest BCUT2D eigenvalue weighted by molar-refractivity contribution is -0.143. The van der Waals surface area contributed by atoms with Gasteiger partial charge in [-0.05, 0) is 0 Å². The van der Waals surface area contributed by atoms with Crippen molar-refractivity contribution < 1.29 is 30.0 Å². The first-order valence-electron chi connectivity index (χ1n) is 3.53. The molecule has 1 fully saturated rings. The van der Waals surface area contributed by atoms with Crippen LogP contribution in [0, 0.1) is 0 Å². The smallest absolute Gasteiger partial charge is 0.323 e. The molecule has 1 aliphatic heterocycles. The Labute approximate surface area is 72.6 Å². The summed E-state index contributed by atoms with van der Waals surface area (Å²) in [5.74, 6) is -2.79. The molecular weight excluding hydrogens is 182 g/mol. The number of nitrogens with one attached hydrogen (secondary N) is 1. The third kappa shape index (κ3) is 1.62. The van der Waals surface area contributed by atoms with Crippen LogP contribution in [0.4, 0.5) is 0 Å². The number of hydrogen-bond acceptors (Lipinski definition) is 5. The van der Waals surface area contributed by atoms with E-state index in [1.807, 2.05) is 0 Å². The van der Waals surface area contributed by atoms with Crippen LogP contribution < -0.4 is 5.32 Å². The van der Waals surface area contributed by atoms with Gasteiger partial charge in [-0.3, -0.25) is 14.9 Å². The van der Waals surface area contributed by atoms with Crippen molar-refractivity contribution in [1.29, 1.82) is 0 Å². The molecule has 1 aliphatic rings. The lowest BCUT2D eigenvalue weighted by Crippen LogP contribution is -2.42. The molecule has 0 radical (unpaired) electrons. The first-order valence-corrected chi connectivity index (χ1v) is 3.53. The Hall–Kier alpha value is -1.18. The number of aliphatic hydroxyl groups is 2. The van der Waals surface area contributed by atoms with Gasteiger partial charge in [-0.15, -0.1) is 0 Å². The van der Waals surface area contributed by atoms with Gasteiger partial charge in [0.1, 0.15) is 24.3 Å². The predicted octanol–water partition coefficient (Wildman–Crippen LogP) is -2.78. The number of aliphatic hydroxyl groups excluding tert-OH is 2. The first kappa shape index (κ1) is 9.90. The van der Waals surface area contributed by atoms with Gasteiger partial charge in [-0.25, -0.2) is 0 Å². The average molecular weight is 191 g/mol. The van der Waals surface area contributed by atoms with Crippen molar-refractivity contribution in [2.45, 2.75) is 24.3 Å². The summed E-state index contributed by atoms with van der Waals surface area (Å²) in [7, 11) is 0. The zero-order valence-corrected chi connectivity index (χ0v) is 6.41. The molecule has 1 rings (SSSR count). The maximum atomic E-state index is 10.4. The third-order valence-electron chi connectivity index (χ3n) is 1.92. The number of rotatable bonds is 2. The van der Waals surface area contributed by atoms with Gasteiger partial charge in [-0.2, -0.15) is 0 Å². The second-order valence-corrected chi connectivity index (χ2v) is 2.78. The highest BCUT2D eigenvalue weighted by molar-refractivity contribution is 5.80. The number of carboxylic acid groups (broad SMARTS) is 2. The molecule has 0 amide bonds. The van der Waals surface area contributed by atoms with E-state index in [9.17, 15) is 9.59 Å². The number of carboxylic acids is 2. The molecule has 0 aliphatic carbocycles. The second-order valence-electron chi connectivity index (χ2n) is 2.78. The number of aliphatic carboxylic acids is 2. The molecule has 4 atom stereocenters. The van der Waals surface area contributed by atoms with Gasteiger partial charge in [0.2, 0.25) is 0 Å². The minimum atomic E-state index is -1.60. The van der Waals surface area contributed by atoms with Crippen LogP contribution >= 0.6 is 0 Å². The van der Waals surface area contributed by atoms with E-state index in [-0.39, 0.29) is 0 Å². The fourth-order valence-electron chi connectivity index (χ4n) is 1.22. The van der Waals surface area contributed by atoms with Crippen LogP contribution in [-0.2, 0) is 9.59 Å². The molecule has 0 aromatic carbocycles. The summed E-state index contributed by atoms with van der Waals surface area (Å²) in [6.45, 7) is 0. The number of carbonyl (C=O) groups is 2. The highest BCUT2D eigenvalue weighted by Gasteiger charge is 2.47. The fourth-order valence-corrected chi connectivity index (χ4v) is 1.22. The zero-order chi connectivity index (χ0) is 10.2. The molecular formula is C6H9NO6. The van der Waals surface area contributed by atoms with Gasteiger partial charge < -0.3 is 20.4 Å². The Morgan fingerprint density at radius 1 is 0.923 bits per heavy atom. The highest BCUT2D eigenvalue weighted by atomic mass is 16.4. The Balaban J connectivity index is 2.78. The molecule has 1 saturated heterocycles. The summed E-state index contributed by atoms with van der Waals surface area (Å²) in [4.78, 5) is 20.8. The molecule has 0 spiro atoms. The minimum absolute atomic E-state index is 1.39. The normalized spacial score (nSPS) is 38.9. The van der Waals surface area contributed by atoms with Crippen molar-refractivity contribution in [1.82, 2.24) is 5.32 Å². The van der Waals surface area contributed by atoms with E-state index >= 15 is 0 Å². The summed E-state index contributed by atoms with van der Waals surface area (Å²) in [5, 5.41) is 37.2. The molecule has 0 bridgehead atoms. The Morgan fingerprint density at radius 3 is 1.38 bits per heavy atom. The van der Waals surface area contributed by atoms with Crippen molar-refractivity contribution in [2.75, 3.05) is 0 Å². The minimum Gasteiger partial charge on any atom is -0.480 e. The average Bonchev–Trinajstić information content (AvgIpc) is 2.29. The number of hydrogen-bond donors (Lipinski definition) is 5. The van der Waals surface area contributed by atoms with Gasteiger partial charge in [0.15, 0.2) is 0 Å². The molecule has 5 N–H and O–H groups in total.